The van der Waals surface area contributed by atoms with E-state index >= 15 is 0 Å². The largest absolute Gasteiger partial charge is 0.459 e. The van der Waals surface area contributed by atoms with Crippen LogP contribution in [0.5, 0.6) is 0 Å². The van der Waals surface area contributed by atoms with Crippen molar-refractivity contribution in [2.45, 2.75) is 19.8 Å². The maximum absolute atomic E-state index is 10.9. The average molecular weight is 198 g/mol. The molecule has 0 aliphatic heterocycles. The summed E-state index contributed by atoms with van der Waals surface area (Å²) in [5, 5.41) is 0. The molecule has 0 saturated heterocycles. The van der Waals surface area contributed by atoms with Gasteiger partial charge in [-0.05, 0) is 13.3 Å². The number of ether oxygens (including phenoxy) is 1. The summed E-state index contributed by atoms with van der Waals surface area (Å²) in [6, 6.07) is 0. The fraction of sp³-hybridized carbons (Fsp3) is 0.556. The summed E-state index contributed by atoms with van der Waals surface area (Å²) in [6.45, 7) is 2.34. The molecule has 0 aliphatic carbocycles. The summed E-state index contributed by atoms with van der Waals surface area (Å²) < 4.78 is 4.46. The second kappa shape index (κ2) is 8.08. The molecule has 0 aromatic heterocycles. The minimum Gasteiger partial charge on any atom is -0.459 e. The predicted molar refractivity (Wildman–Crippen MR) is 50.8 cm³/mol. The molecule has 0 rings (SSSR count). The molecule has 5 nitrogen and oxygen atoms in total. The van der Waals surface area contributed by atoms with E-state index in [0.29, 0.717) is 13.0 Å². The molecule has 0 aliphatic rings. The summed E-state index contributed by atoms with van der Waals surface area (Å²) in [4.78, 5) is 21.6. The number of unbranched alkanes of at least 4 members (excludes halogenated alkanes) is 1. The van der Waals surface area contributed by atoms with Crippen molar-refractivity contribution in [3.8, 4) is 12.3 Å². The van der Waals surface area contributed by atoms with E-state index in [1.807, 2.05) is 0 Å². The van der Waals surface area contributed by atoms with Crippen molar-refractivity contribution >= 4 is 11.9 Å². The fourth-order valence-electron chi connectivity index (χ4n) is 0.669. The highest BCUT2D eigenvalue weighted by Crippen LogP contribution is 1.81. The molecule has 0 heterocycles. The zero-order valence-electron chi connectivity index (χ0n) is 8.13. The van der Waals surface area contributed by atoms with Crippen molar-refractivity contribution in [3.63, 3.8) is 0 Å². The van der Waals surface area contributed by atoms with Crippen LogP contribution in [0.3, 0.4) is 0 Å². The summed E-state index contributed by atoms with van der Waals surface area (Å²) >= 11 is 0. The van der Waals surface area contributed by atoms with Gasteiger partial charge in [0.1, 0.15) is 0 Å². The first-order chi connectivity index (χ1) is 6.72. The quantitative estimate of drug-likeness (QED) is 0.207. The van der Waals surface area contributed by atoms with Gasteiger partial charge in [-0.15, -0.1) is 12.3 Å². The molecule has 2 N–H and O–H groups in total. The van der Waals surface area contributed by atoms with E-state index < -0.39 is 11.9 Å². The van der Waals surface area contributed by atoms with Gasteiger partial charge in [-0.1, -0.05) is 0 Å². The highest BCUT2D eigenvalue weighted by atomic mass is 16.5. The molecule has 78 valence electrons. The lowest BCUT2D eigenvalue weighted by Gasteiger charge is -2.04. The van der Waals surface area contributed by atoms with Gasteiger partial charge in [0.25, 0.3) is 0 Å². The summed E-state index contributed by atoms with van der Waals surface area (Å²) in [5.74, 6) is 0.764. The van der Waals surface area contributed by atoms with Crippen LogP contribution in [0.2, 0.25) is 0 Å². The molecule has 0 radical (unpaired) electrons. The van der Waals surface area contributed by atoms with Gasteiger partial charge in [-0.25, -0.2) is 10.2 Å². The van der Waals surface area contributed by atoms with E-state index in [1.54, 1.807) is 6.92 Å². The third kappa shape index (κ3) is 6.03. The van der Waals surface area contributed by atoms with Gasteiger partial charge in [-0.3, -0.25) is 10.2 Å². The van der Waals surface area contributed by atoms with Gasteiger partial charge in [0.05, 0.1) is 6.61 Å². The van der Waals surface area contributed by atoms with Crippen LogP contribution < -0.4 is 10.9 Å². The molecule has 0 spiro atoms. The minimum atomic E-state index is -0.892. The average Bonchev–Trinajstić information content (AvgIpc) is 2.17. The number of terminal acetylenes is 1. The topological polar surface area (TPSA) is 67.4 Å². The monoisotopic (exact) mass is 198 g/mol. The highest BCUT2D eigenvalue weighted by molar-refractivity contribution is 6.32. The van der Waals surface area contributed by atoms with Crippen molar-refractivity contribution < 1.29 is 14.3 Å². The van der Waals surface area contributed by atoms with Crippen LogP contribution in [0.1, 0.15) is 19.8 Å². The number of rotatable bonds is 5. The lowest BCUT2D eigenvalue weighted by molar-refractivity contribution is -0.155. The first-order valence-corrected chi connectivity index (χ1v) is 4.35. The highest BCUT2D eigenvalue weighted by Gasteiger charge is 2.12. The van der Waals surface area contributed by atoms with E-state index in [4.69, 9.17) is 6.42 Å². The Balaban J connectivity index is 3.45. The Morgan fingerprint density at radius 2 is 2.21 bits per heavy atom. The van der Waals surface area contributed by atoms with E-state index in [0.717, 1.165) is 6.42 Å². The van der Waals surface area contributed by atoms with E-state index in [1.165, 1.54) is 0 Å². The van der Waals surface area contributed by atoms with Crippen molar-refractivity contribution in [1.29, 1.82) is 0 Å². The van der Waals surface area contributed by atoms with E-state index in [-0.39, 0.29) is 6.61 Å². The zero-order valence-corrected chi connectivity index (χ0v) is 8.13. The lowest BCUT2D eigenvalue weighted by Crippen LogP contribution is -2.42. The number of nitrogens with one attached hydrogen (secondary N) is 2. The second-order valence-corrected chi connectivity index (χ2v) is 2.41. The van der Waals surface area contributed by atoms with Crippen molar-refractivity contribution in [3.05, 3.63) is 0 Å². The molecular weight excluding hydrogens is 184 g/mol. The van der Waals surface area contributed by atoms with E-state index in [9.17, 15) is 9.59 Å². The summed E-state index contributed by atoms with van der Waals surface area (Å²) in [7, 11) is 0. The number of hydrogen-bond acceptors (Lipinski definition) is 4. The Bertz CT molecular complexity index is 233. The Labute approximate surface area is 83.2 Å². The molecule has 1 amide bonds. The molecule has 5 heteroatoms. The van der Waals surface area contributed by atoms with Crippen molar-refractivity contribution in [1.82, 2.24) is 10.9 Å². The number of hydrazine groups is 1. The number of carbonyl (C=O) groups is 2. The maximum Gasteiger partial charge on any atom is 0.398 e. The third-order valence-electron chi connectivity index (χ3n) is 1.29. The fourth-order valence-corrected chi connectivity index (χ4v) is 0.669. The summed E-state index contributed by atoms with van der Waals surface area (Å²) in [6.07, 6.45) is 6.38. The number of amides is 1. The van der Waals surface area contributed by atoms with Crippen molar-refractivity contribution in [2.24, 2.45) is 0 Å². The molecule has 0 aromatic carbocycles. The van der Waals surface area contributed by atoms with Crippen LogP contribution in [0.15, 0.2) is 0 Å². The van der Waals surface area contributed by atoms with Crippen LogP contribution in [0.4, 0.5) is 0 Å². The standard InChI is InChI=1S/C9H14N2O3/c1-3-5-6-7-10-11-8(12)9(13)14-4-2/h1,10H,4-7H2,2H3,(H,11,12). The lowest BCUT2D eigenvalue weighted by atomic mass is 10.3. The van der Waals surface area contributed by atoms with Crippen LogP contribution in [0.25, 0.3) is 0 Å². The molecule has 0 aromatic rings. The van der Waals surface area contributed by atoms with Crippen LogP contribution >= 0.6 is 0 Å². The SMILES string of the molecule is C#CCCCNNC(=O)C(=O)OCC. The van der Waals surface area contributed by atoms with Gasteiger partial charge >= 0.3 is 11.9 Å². The molecule has 0 saturated carbocycles. The zero-order chi connectivity index (χ0) is 10.8. The summed E-state index contributed by atoms with van der Waals surface area (Å²) in [5.41, 5.74) is 4.76. The molecule has 0 unspecified atom stereocenters. The smallest absolute Gasteiger partial charge is 0.398 e. The van der Waals surface area contributed by atoms with Crippen molar-refractivity contribution in [2.75, 3.05) is 13.2 Å². The maximum atomic E-state index is 10.9. The Kier molecular flexibility index (Phi) is 7.19. The van der Waals surface area contributed by atoms with Gasteiger partial charge in [0.2, 0.25) is 0 Å². The van der Waals surface area contributed by atoms with Gasteiger partial charge in [0.15, 0.2) is 0 Å². The normalized spacial score (nSPS) is 8.86. The first kappa shape index (κ1) is 12.5. The first-order valence-electron chi connectivity index (χ1n) is 4.35. The molecule has 14 heavy (non-hydrogen) atoms. The Morgan fingerprint density at radius 3 is 2.79 bits per heavy atom. The third-order valence-corrected chi connectivity index (χ3v) is 1.29. The molecular formula is C9H14N2O3. The number of carbonyl (C=O) groups excluding carboxylic acids is 2. The van der Waals surface area contributed by atoms with Crippen LogP contribution in [0, 0.1) is 12.3 Å². The minimum absolute atomic E-state index is 0.184. The van der Waals surface area contributed by atoms with Gasteiger partial charge in [-0.2, -0.15) is 0 Å². The molecule has 0 bridgehead atoms. The van der Waals surface area contributed by atoms with E-state index in [2.05, 4.69) is 21.5 Å². The Morgan fingerprint density at radius 1 is 1.50 bits per heavy atom. The molecule has 0 fully saturated rings. The van der Waals surface area contributed by atoms with Gasteiger partial charge in [0, 0.05) is 13.0 Å². The van der Waals surface area contributed by atoms with Crippen LogP contribution in [-0.4, -0.2) is 25.0 Å². The predicted octanol–water partition coefficient (Wildman–Crippen LogP) is -0.416. The van der Waals surface area contributed by atoms with Gasteiger partial charge < -0.3 is 4.74 Å². The number of hydrogen-bond donors (Lipinski definition) is 2. The number of esters is 1. The second-order valence-electron chi connectivity index (χ2n) is 2.41. The van der Waals surface area contributed by atoms with Crippen LogP contribution in [-0.2, 0) is 14.3 Å². The molecule has 0 atom stereocenters. The Hall–Kier alpha value is -1.54.